The molecule has 2 aliphatic heterocycles. The molecule has 5 nitrogen and oxygen atoms in total. The Labute approximate surface area is 143 Å². The van der Waals surface area contributed by atoms with Crippen LogP contribution in [0.5, 0.6) is 0 Å². The van der Waals surface area contributed by atoms with E-state index in [0.29, 0.717) is 11.8 Å². The van der Waals surface area contributed by atoms with Crippen LogP contribution in [-0.2, 0) is 9.59 Å². The number of nitrogens with two attached hydrogens (primary N) is 1. The number of piperidine rings is 1. The van der Waals surface area contributed by atoms with Crippen molar-refractivity contribution in [3.63, 3.8) is 0 Å². The first-order chi connectivity index (χ1) is 11.1. The van der Waals surface area contributed by atoms with Crippen LogP contribution in [0.25, 0.3) is 0 Å². The van der Waals surface area contributed by atoms with Crippen molar-refractivity contribution in [3.8, 4) is 0 Å². The van der Waals surface area contributed by atoms with E-state index in [0.717, 1.165) is 57.4 Å². The number of hydrogen-bond donors (Lipinski definition) is 1. The number of hydrogen-bond acceptors (Lipinski definition) is 4. The van der Waals surface area contributed by atoms with Gasteiger partial charge in [0, 0.05) is 30.8 Å². The molecule has 6 heteroatoms. The summed E-state index contributed by atoms with van der Waals surface area (Å²) in [5.41, 5.74) is 6.03. The number of rotatable bonds is 3. The van der Waals surface area contributed by atoms with Gasteiger partial charge in [-0.1, -0.05) is 12.8 Å². The fourth-order valence-corrected chi connectivity index (χ4v) is 5.28. The Balaban J connectivity index is 1.64. The standard InChI is InChI=1S/C17H29N3O2S/c1-12(18)14-7-4-8-19(9-14)17(22)15-10-23-11-20(15)16(21)13-5-2-3-6-13/h12-15H,2-11,18H2,1H3. The summed E-state index contributed by atoms with van der Waals surface area (Å²) < 4.78 is 0. The molecule has 130 valence electrons. The molecule has 3 atom stereocenters. The third-order valence-electron chi connectivity index (χ3n) is 5.67. The van der Waals surface area contributed by atoms with Gasteiger partial charge in [0.25, 0.3) is 0 Å². The van der Waals surface area contributed by atoms with Crippen LogP contribution in [0.4, 0.5) is 0 Å². The molecule has 0 bridgehead atoms. The zero-order chi connectivity index (χ0) is 16.4. The normalized spacial score (nSPS) is 30.7. The monoisotopic (exact) mass is 339 g/mol. The lowest BCUT2D eigenvalue weighted by Crippen LogP contribution is -2.53. The van der Waals surface area contributed by atoms with E-state index in [4.69, 9.17) is 5.73 Å². The topological polar surface area (TPSA) is 66.6 Å². The summed E-state index contributed by atoms with van der Waals surface area (Å²) in [5, 5.41) is 0. The number of likely N-dealkylation sites (tertiary alicyclic amines) is 1. The second kappa shape index (κ2) is 7.43. The molecule has 0 aromatic carbocycles. The van der Waals surface area contributed by atoms with Crippen LogP contribution in [0.3, 0.4) is 0 Å². The van der Waals surface area contributed by atoms with E-state index in [9.17, 15) is 9.59 Å². The fraction of sp³-hybridized carbons (Fsp3) is 0.882. The lowest BCUT2D eigenvalue weighted by Gasteiger charge is -2.37. The summed E-state index contributed by atoms with van der Waals surface area (Å²) in [4.78, 5) is 29.5. The number of nitrogens with zero attached hydrogens (tertiary/aromatic N) is 2. The van der Waals surface area contributed by atoms with E-state index in [-0.39, 0.29) is 29.8 Å². The van der Waals surface area contributed by atoms with E-state index in [2.05, 4.69) is 0 Å². The molecule has 1 saturated carbocycles. The molecule has 23 heavy (non-hydrogen) atoms. The molecule has 0 radical (unpaired) electrons. The minimum Gasteiger partial charge on any atom is -0.341 e. The van der Waals surface area contributed by atoms with Crippen LogP contribution in [-0.4, -0.2) is 58.4 Å². The summed E-state index contributed by atoms with van der Waals surface area (Å²) in [7, 11) is 0. The number of amides is 2. The van der Waals surface area contributed by atoms with Gasteiger partial charge in [-0.3, -0.25) is 9.59 Å². The lowest BCUT2D eigenvalue weighted by molar-refractivity contribution is -0.146. The Morgan fingerprint density at radius 3 is 2.57 bits per heavy atom. The zero-order valence-electron chi connectivity index (χ0n) is 14.1. The van der Waals surface area contributed by atoms with Gasteiger partial charge in [0.2, 0.25) is 11.8 Å². The van der Waals surface area contributed by atoms with Gasteiger partial charge in [-0.05, 0) is 38.5 Å². The van der Waals surface area contributed by atoms with Gasteiger partial charge in [-0.2, -0.15) is 0 Å². The van der Waals surface area contributed by atoms with Crippen molar-refractivity contribution in [2.75, 3.05) is 24.7 Å². The average molecular weight is 340 g/mol. The average Bonchev–Trinajstić information content (AvgIpc) is 3.25. The van der Waals surface area contributed by atoms with Crippen LogP contribution in [0, 0.1) is 11.8 Å². The predicted octanol–water partition coefficient (Wildman–Crippen LogP) is 1.66. The Morgan fingerprint density at radius 2 is 1.87 bits per heavy atom. The summed E-state index contributed by atoms with van der Waals surface area (Å²) >= 11 is 1.71. The summed E-state index contributed by atoms with van der Waals surface area (Å²) in [5.74, 6) is 2.33. The number of thioether (sulfide) groups is 1. The first-order valence-corrected chi connectivity index (χ1v) is 10.2. The molecule has 3 fully saturated rings. The largest absolute Gasteiger partial charge is 0.341 e. The molecule has 2 saturated heterocycles. The van der Waals surface area contributed by atoms with Crippen molar-refractivity contribution in [2.45, 2.75) is 57.5 Å². The van der Waals surface area contributed by atoms with Gasteiger partial charge in [-0.25, -0.2) is 0 Å². The number of carbonyl (C=O) groups excluding carboxylic acids is 2. The SMILES string of the molecule is CC(N)C1CCCN(C(=O)C2CSCN2C(=O)C2CCCC2)C1. The van der Waals surface area contributed by atoms with E-state index in [1.54, 1.807) is 11.8 Å². The molecule has 1 aliphatic carbocycles. The van der Waals surface area contributed by atoms with Crippen molar-refractivity contribution in [1.82, 2.24) is 9.80 Å². The van der Waals surface area contributed by atoms with E-state index in [1.807, 2.05) is 16.7 Å². The van der Waals surface area contributed by atoms with Gasteiger partial charge >= 0.3 is 0 Å². The first kappa shape index (κ1) is 17.1. The second-order valence-electron chi connectivity index (χ2n) is 7.35. The van der Waals surface area contributed by atoms with Gasteiger partial charge in [0.15, 0.2) is 0 Å². The first-order valence-electron chi connectivity index (χ1n) is 9.00. The van der Waals surface area contributed by atoms with Gasteiger partial charge in [-0.15, -0.1) is 11.8 Å². The maximum Gasteiger partial charge on any atom is 0.246 e. The predicted molar refractivity (Wildman–Crippen MR) is 92.9 cm³/mol. The van der Waals surface area contributed by atoms with Gasteiger partial charge < -0.3 is 15.5 Å². The molecule has 2 N–H and O–H groups in total. The summed E-state index contributed by atoms with van der Waals surface area (Å²) in [6, 6.07) is -0.125. The Bertz CT molecular complexity index is 451. The molecule has 2 amide bonds. The molecule has 0 aromatic heterocycles. The van der Waals surface area contributed by atoms with Crippen LogP contribution >= 0.6 is 11.8 Å². The minimum absolute atomic E-state index is 0.125. The van der Waals surface area contributed by atoms with Crippen LogP contribution < -0.4 is 5.73 Å². The molecule has 3 rings (SSSR count). The quantitative estimate of drug-likeness (QED) is 0.849. The van der Waals surface area contributed by atoms with E-state index >= 15 is 0 Å². The maximum absolute atomic E-state index is 13.0. The molecule has 0 aromatic rings. The molecular formula is C17H29N3O2S. The highest BCUT2D eigenvalue weighted by atomic mass is 32.2. The van der Waals surface area contributed by atoms with Gasteiger partial charge in [0.1, 0.15) is 6.04 Å². The number of carbonyl (C=O) groups is 2. The highest BCUT2D eigenvalue weighted by Crippen LogP contribution is 2.32. The second-order valence-corrected chi connectivity index (χ2v) is 8.35. The van der Waals surface area contributed by atoms with Crippen molar-refractivity contribution < 1.29 is 9.59 Å². The zero-order valence-corrected chi connectivity index (χ0v) is 14.9. The van der Waals surface area contributed by atoms with Gasteiger partial charge in [0.05, 0.1) is 5.88 Å². The maximum atomic E-state index is 13.0. The smallest absolute Gasteiger partial charge is 0.246 e. The highest BCUT2D eigenvalue weighted by molar-refractivity contribution is 7.99. The van der Waals surface area contributed by atoms with Crippen molar-refractivity contribution in [1.29, 1.82) is 0 Å². The van der Waals surface area contributed by atoms with Crippen molar-refractivity contribution in [2.24, 2.45) is 17.6 Å². The lowest BCUT2D eigenvalue weighted by atomic mass is 9.92. The third-order valence-corrected chi connectivity index (χ3v) is 6.68. The van der Waals surface area contributed by atoms with Crippen molar-refractivity contribution >= 4 is 23.6 Å². The molecule has 3 aliphatic rings. The summed E-state index contributed by atoms with van der Waals surface area (Å²) in [6.07, 6.45) is 6.42. The Kier molecular flexibility index (Phi) is 5.52. The fourth-order valence-electron chi connectivity index (χ4n) is 4.12. The minimum atomic E-state index is -0.250. The highest BCUT2D eigenvalue weighted by Gasteiger charge is 2.40. The van der Waals surface area contributed by atoms with Crippen LogP contribution in [0.1, 0.15) is 45.4 Å². The van der Waals surface area contributed by atoms with Crippen LogP contribution in [0.2, 0.25) is 0 Å². The van der Waals surface area contributed by atoms with E-state index in [1.165, 1.54) is 0 Å². The van der Waals surface area contributed by atoms with E-state index < -0.39 is 0 Å². The Morgan fingerprint density at radius 1 is 1.13 bits per heavy atom. The third kappa shape index (κ3) is 3.68. The summed E-state index contributed by atoms with van der Waals surface area (Å²) in [6.45, 7) is 3.60. The molecule has 3 unspecified atom stereocenters. The van der Waals surface area contributed by atoms with Crippen LogP contribution in [0.15, 0.2) is 0 Å². The Hall–Kier alpha value is -0.750. The molecular weight excluding hydrogens is 310 g/mol. The van der Waals surface area contributed by atoms with Crippen molar-refractivity contribution in [3.05, 3.63) is 0 Å². The molecule has 0 spiro atoms. The molecule has 2 heterocycles.